The Labute approximate surface area is 214 Å². The Kier molecular flexibility index (Phi) is 8.10. The average Bonchev–Trinajstić information content (AvgIpc) is 3.07. The maximum atomic E-state index is 13.4. The summed E-state index contributed by atoms with van der Waals surface area (Å²) in [5.41, 5.74) is 2.63. The predicted molar refractivity (Wildman–Crippen MR) is 140 cm³/mol. The molecule has 0 spiro atoms. The van der Waals surface area contributed by atoms with Crippen LogP contribution in [0, 0.1) is 5.82 Å². The molecule has 1 heterocycles. The molecule has 35 heavy (non-hydrogen) atoms. The zero-order valence-corrected chi connectivity index (χ0v) is 20.6. The van der Waals surface area contributed by atoms with Gasteiger partial charge in [0.25, 0.3) is 5.91 Å². The van der Waals surface area contributed by atoms with Crippen LogP contribution < -0.4 is 5.32 Å². The van der Waals surface area contributed by atoms with Crippen molar-refractivity contribution in [3.63, 3.8) is 0 Å². The summed E-state index contributed by atoms with van der Waals surface area (Å²) in [6.07, 6.45) is 1.25. The van der Waals surface area contributed by atoms with E-state index in [1.165, 1.54) is 24.3 Å². The van der Waals surface area contributed by atoms with Crippen molar-refractivity contribution in [1.29, 1.82) is 0 Å². The van der Waals surface area contributed by atoms with E-state index in [0.29, 0.717) is 41.8 Å². The van der Waals surface area contributed by atoms with Crippen molar-refractivity contribution in [3.8, 4) is 0 Å². The number of carbonyl (C=O) groups excluding carboxylic acids is 2. The monoisotopic (exact) mass is 509 g/mol. The van der Waals surface area contributed by atoms with E-state index in [-0.39, 0.29) is 24.1 Å². The quantitative estimate of drug-likeness (QED) is 0.408. The summed E-state index contributed by atoms with van der Waals surface area (Å²) in [7, 11) is 0. The molecule has 0 aromatic heterocycles. The fraction of sp³-hybridized carbons (Fsp3) is 0.222. The number of amides is 2. The number of benzene rings is 3. The summed E-state index contributed by atoms with van der Waals surface area (Å²) in [6.45, 7) is 0.928. The van der Waals surface area contributed by atoms with Crippen LogP contribution in [0.1, 0.15) is 17.5 Å². The van der Waals surface area contributed by atoms with Gasteiger partial charge in [0.2, 0.25) is 5.91 Å². The second-order valence-electron chi connectivity index (χ2n) is 8.35. The normalized spacial score (nSPS) is 15.5. The van der Waals surface area contributed by atoms with Crippen LogP contribution in [0.3, 0.4) is 0 Å². The van der Waals surface area contributed by atoms with Crippen LogP contribution in [0.25, 0.3) is 0 Å². The molecule has 8 heteroatoms. The second-order valence-corrected chi connectivity index (χ2v) is 9.15. The van der Waals surface area contributed by atoms with E-state index >= 15 is 0 Å². The Morgan fingerprint density at radius 1 is 0.914 bits per heavy atom. The number of hydrogen-bond acceptors (Lipinski definition) is 3. The summed E-state index contributed by atoms with van der Waals surface area (Å²) in [4.78, 5) is 29.6. The first kappa shape index (κ1) is 24.8. The van der Waals surface area contributed by atoms with Crippen LogP contribution in [0.5, 0.6) is 0 Å². The molecule has 3 aromatic rings. The highest BCUT2D eigenvalue weighted by atomic mass is 35.5. The summed E-state index contributed by atoms with van der Waals surface area (Å²) in [5.74, 6) is -0.905. The molecule has 2 amide bonds. The van der Waals surface area contributed by atoms with Gasteiger partial charge in [-0.3, -0.25) is 14.5 Å². The molecule has 0 unspecified atom stereocenters. The van der Waals surface area contributed by atoms with E-state index in [1.807, 2.05) is 59.5 Å². The molecule has 3 aromatic carbocycles. The second kappa shape index (κ2) is 11.4. The molecule has 180 valence electrons. The SMILES string of the molecule is O=C(C[C@@H]1C(=O)N(CCc2ccccc2)C(=S)N1CCc1ccc(Cl)cc1)Nc1ccc(F)cc1. The smallest absolute Gasteiger partial charge is 0.252 e. The first-order valence-electron chi connectivity index (χ1n) is 11.4. The average molecular weight is 510 g/mol. The molecule has 4 rings (SSSR count). The van der Waals surface area contributed by atoms with Crippen LogP contribution in [0.2, 0.25) is 5.02 Å². The summed E-state index contributed by atoms with van der Waals surface area (Å²) in [5, 5.41) is 3.83. The Morgan fingerprint density at radius 2 is 1.54 bits per heavy atom. The molecule has 1 atom stereocenters. The van der Waals surface area contributed by atoms with Gasteiger partial charge in [0.05, 0.1) is 6.42 Å². The molecule has 5 nitrogen and oxygen atoms in total. The molecule has 0 bridgehead atoms. The standard InChI is InChI=1S/C27H25ClFN3O2S/c28-21-8-6-20(7-9-21)14-16-31-24(18-25(33)30-23-12-10-22(29)11-13-23)26(34)32(27(31)35)17-15-19-4-2-1-3-5-19/h1-13,24H,14-18H2,(H,30,33)/t24-/m1/s1. The number of hydrogen-bond donors (Lipinski definition) is 1. The van der Waals surface area contributed by atoms with Crippen LogP contribution in [-0.4, -0.2) is 45.9 Å². The van der Waals surface area contributed by atoms with E-state index in [1.54, 1.807) is 4.90 Å². The topological polar surface area (TPSA) is 52.7 Å². The van der Waals surface area contributed by atoms with Gasteiger partial charge in [0.15, 0.2) is 5.11 Å². The molecule has 1 aliphatic rings. The van der Waals surface area contributed by atoms with Crippen molar-refractivity contribution in [1.82, 2.24) is 9.80 Å². The summed E-state index contributed by atoms with van der Waals surface area (Å²) in [6, 6.07) is 22.2. The third kappa shape index (κ3) is 6.44. The predicted octanol–water partition coefficient (Wildman–Crippen LogP) is 5.09. The zero-order valence-electron chi connectivity index (χ0n) is 19.0. The molecule has 1 N–H and O–H groups in total. The lowest BCUT2D eigenvalue weighted by atomic mass is 10.1. The Hall–Kier alpha value is -3.29. The van der Waals surface area contributed by atoms with Gasteiger partial charge in [0, 0.05) is 23.8 Å². The maximum Gasteiger partial charge on any atom is 0.252 e. The third-order valence-electron chi connectivity index (χ3n) is 5.93. The van der Waals surface area contributed by atoms with Gasteiger partial charge in [0.1, 0.15) is 11.9 Å². The number of nitrogens with one attached hydrogen (secondary N) is 1. The first-order valence-corrected chi connectivity index (χ1v) is 12.1. The fourth-order valence-electron chi connectivity index (χ4n) is 4.06. The van der Waals surface area contributed by atoms with Crippen molar-refractivity contribution in [3.05, 3.63) is 101 Å². The number of rotatable bonds is 9. The van der Waals surface area contributed by atoms with Gasteiger partial charge in [-0.15, -0.1) is 0 Å². The van der Waals surface area contributed by atoms with Crippen molar-refractivity contribution < 1.29 is 14.0 Å². The molecule has 0 radical (unpaired) electrons. The van der Waals surface area contributed by atoms with E-state index in [2.05, 4.69) is 5.32 Å². The van der Waals surface area contributed by atoms with Gasteiger partial charge < -0.3 is 10.2 Å². The van der Waals surface area contributed by atoms with Gasteiger partial charge in [-0.05, 0) is 72.6 Å². The van der Waals surface area contributed by atoms with E-state index < -0.39 is 6.04 Å². The van der Waals surface area contributed by atoms with Gasteiger partial charge in [-0.1, -0.05) is 54.1 Å². The lowest BCUT2D eigenvalue weighted by Gasteiger charge is -2.24. The highest BCUT2D eigenvalue weighted by Gasteiger charge is 2.42. The van der Waals surface area contributed by atoms with Crippen molar-refractivity contribution >= 4 is 46.4 Å². The molecule has 0 aliphatic carbocycles. The van der Waals surface area contributed by atoms with Crippen LogP contribution in [0.15, 0.2) is 78.9 Å². The number of nitrogens with zero attached hydrogens (tertiary/aromatic N) is 2. The third-order valence-corrected chi connectivity index (χ3v) is 6.64. The van der Waals surface area contributed by atoms with Crippen molar-refractivity contribution in [2.75, 3.05) is 18.4 Å². The number of halogens is 2. The zero-order chi connectivity index (χ0) is 24.8. The lowest BCUT2D eigenvalue weighted by Crippen LogP contribution is -2.39. The minimum absolute atomic E-state index is 0.0567. The highest BCUT2D eigenvalue weighted by molar-refractivity contribution is 7.80. The Bertz CT molecular complexity index is 1190. The van der Waals surface area contributed by atoms with Crippen molar-refractivity contribution in [2.24, 2.45) is 0 Å². The molecule has 1 saturated heterocycles. The largest absolute Gasteiger partial charge is 0.336 e. The maximum absolute atomic E-state index is 13.4. The van der Waals surface area contributed by atoms with Gasteiger partial charge >= 0.3 is 0 Å². The van der Waals surface area contributed by atoms with Crippen molar-refractivity contribution in [2.45, 2.75) is 25.3 Å². The minimum atomic E-state index is -0.703. The molecular formula is C27H25ClFN3O2S. The van der Waals surface area contributed by atoms with Crippen LogP contribution >= 0.6 is 23.8 Å². The lowest BCUT2D eigenvalue weighted by molar-refractivity contribution is -0.130. The Balaban J connectivity index is 1.47. The van der Waals surface area contributed by atoms with E-state index in [4.69, 9.17) is 23.8 Å². The van der Waals surface area contributed by atoms with Gasteiger partial charge in [-0.25, -0.2) is 4.39 Å². The molecule has 1 fully saturated rings. The van der Waals surface area contributed by atoms with Crippen LogP contribution in [0.4, 0.5) is 10.1 Å². The summed E-state index contributed by atoms with van der Waals surface area (Å²) >= 11 is 11.7. The Morgan fingerprint density at radius 3 is 2.23 bits per heavy atom. The molecule has 1 aliphatic heterocycles. The minimum Gasteiger partial charge on any atom is -0.336 e. The highest BCUT2D eigenvalue weighted by Crippen LogP contribution is 2.23. The first-order chi connectivity index (χ1) is 16.9. The number of thiocarbonyl (C=S) groups is 1. The molecule has 0 saturated carbocycles. The summed E-state index contributed by atoms with van der Waals surface area (Å²) < 4.78 is 13.2. The van der Waals surface area contributed by atoms with E-state index in [9.17, 15) is 14.0 Å². The fourth-order valence-corrected chi connectivity index (χ4v) is 4.58. The van der Waals surface area contributed by atoms with Crippen LogP contribution in [-0.2, 0) is 22.4 Å². The van der Waals surface area contributed by atoms with E-state index in [0.717, 1.165) is 11.1 Å². The number of anilines is 1. The van der Waals surface area contributed by atoms with Gasteiger partial charge in [-0.2, -0.15) is 0 Å². The molecular weight excluding hydrogens is 485 g/mol. The number of carbonyl (C=O) groups is 2.